The highest BCUT2D eigenvalue weighted by Gasteiger charge is 2.22. The fourth-order valence-electron chi connectivity index (χ4n) is 1.95. The zero-order valence-corrected chi connectivity index (χ0v) is 12.7. The normalized spacial score (nSPS) is 12.0. The topological polar surface area (TPSA) is 64.8 Å². The Morgan fingerprint density at radius 2 is 2.10 bits per heavy atom. The number of amides is 1. The van der Waals surface area contributed by atoms with Crippen molar-refractivity contribution in [1.82, 2.24) is 4.90 Å². The number of carbonyl (C=O) groups is 1. The van der Waals surface area contributed by atoms with Gasteiger partial charge in [0.15, 0.2) is 0 Å². The lowest BCUT2D eigenvalue weighted by Gasteiger charge is -2.29. The fraction of sp³-hybridized carbons (Fsp3) is 0.533. The Kier molecular flexibility index (Phi) is 6.31. The van der Waals surface area contributed by atoms with Crippen molar-refractivity contribution >= 4 is 11.6 Å². The number of rotatable bonds is 7. The number of nitrogen functional groups attached to an aromatic ring is 1. The predicted molar refractivity (Wildman–Crippen MR) is 80.1 cm³/mol. The largest absolute Gasteiger partial charge is 0.497 e. The van der Waals surface area contributed by atoms with E-state index in [1.807, 2.05) is 6.92 Å². The molecule has 112 valence electrons. The van der Waals surface area contributed by atoms with Crippen molar-refractivity contribution in [2.24, 2.45) is 0 Å². The average molecular weight is 280 g/mol. The Balaban J connectivity index is 2.99. The Hall–Kier alpha value is -1.75. The minimum Gasteiger partial charge on any atom is -0.497 e. The van der Waals surface area contributed by atoms with Crippen LogP contribution < -0.4 is 10.5 Å². The van der Waals surface area contributed by atoms with E-state index in [9.17, 15) is 4.79 Å². The number of hydrogen-bond donors (Lipinski definition) is 1. The van der Waals surface area contributed by atoms with Crippen LogP contribution in [0, 0.1) is 0 Å². The van der Waals surface area contributed by atoms with Crippen LogP contribution in [0.25, 0.3) is 0 Å². The molecule has 0 aliphatic carbocycles. The van der Waals surface area contributed by atoms with Gasteiger partial charge in [-0.05, 0) is 25.5 Å². The maximum absolute atomic E-state index is 12.6. The Bertz CT molecular complexity index is 449. The van der Waals surface area contributed by atoms with Gasteiger partial charge in [-0.15, -0.1) is 0 Å². The molecule has 0 saturated heterocycles. The van der Waals surface area contributed by atoms with E-state index >= 15 is 0 Å². The maximum Gasteiger partial charge on any atom is 0.256 e. The van der Waals surface area contributed by atoms with E-state index in [-0.39, 0.29) is 11.9 Å². The van der Waals surface area contributed by atoms with Crippen LogP contribution in [0.1, 0.15) is 30.6 Å². The molecule has 0 saturated carbocycles. The molecule has 0 heterocycles. The van der Waals surface area contributed by atoms with Gasteiger partial charge in [-0.3, -0.25) is 4.79 Å². The number of nitrogens with two attached hydrogens (primary N) is 1. The zero-order valence-electron chi connectivity index (χ0n) is 12.7. The maximum atomic E-state index is 12.6. The molecule has 2 N–H and O–H groups in total. The molecule has 0 aliphatic rings. The van der Waals surface area contributed by atoms with Gasteiger partial charge in [0.1, 0.15) is 5.75 Å². The quantitative estimate of drug-likeness (QED) is 0.777. The zero-order chi connectivity index (χ0) is 15.1. The van der Waals surface area contributed by atoms with Crippen molar-refractivity contribution in [1.29, 1.82) is 0 Å². The summed E-state index contributed by atoms with van der Waals surface area (Å²) >= 11 is 0. The second-order valence-electron chi connectivity index (χ2n) is 4.70. The van der Waals surface area contributed by atoms with Crippen molar-refractivity contribution < 1.29 is 14.3 Å². The fourth-order valence-corrected chi connectivity index (χ4v) is 1.95. The van der Waals surface area contributed by atoms with Gasteiger partial charge in [0.25, 0.3) is 5.91 Å². The first-order valence-corrected chi connectivity index (χ1v) is 6.78. The van der Waals surface area contributed by atoms with Crippen molar-refractivity contribution in [3.05, 3.63) is 23.8 Å². The van der Waals surface area contributed by atoms with Crippen molar-refractivity contribution in [2.45, 2.75) is 26.3 Å². The lowest BCUT2D eigenvalue weighted by Crippen LogP contribution is -2.40. The Morgan fingerprint density at radius 1 is 1.40 bits per heavy atom. The van der Waals surface area contributed by atoms with Crippen LogP contribution in [-0.4, -0.2) is 44.2 Å². The minimum absolute atomic E-state index is 0.0726. The summed E-state index contributed by atoms with van der Waals surface area (Å²) < 4.78 is 10.2. The third-order valence-corrected chi connectivity index (χ3v) is 3.41. The van der Waals surface area contributed by atoms with Crippen LogP contribution in [0.4, 0.5) is 5.69 Å². The predicted octanol–water partition coefficient (Wildman–Crippen LogP) is 2.16. The molecule has 0 aromatic heterocycles. The SMILES string of the molecule is CCC(C)N(CCOC)C(=O)c1ccc(OC)cc1N. The first kappa shape index (κ1) is 16.3. The summed E-state index contributed by atoms with van der Waals surface area (Å²) in [6.07, 6.45) is 0.880. The third kappa shape index (κ3) is 3.87. The smallest absolute Gasteiger partial charge is 0.256 e. The van der Waals surface area contributed by atoms with Gasteiger partial charge >= 0.3 is 0 Å². The summed E-state index contributed by atoms with van der Waals surface area (Å²) in [5.41, 5.74) is 6.88. The molecular weight excluding hydrogens is 256 g/mol. The summed E-state index contributed by atoms with van der Waals surface area (Å²) in [6, 6.07) is 5.25. The summed E-state index contributed by atoms with van der Waals surface area (Å²) in [5.74, 6) is 0.572. The van der Waals surface area contributed by atoms with E-state index in [0.717, 1.165) is 6.42 Å². The van der Waals surface area contributed by atoms with Gasteiger partial charge in [0, 0.05) is 31.5 Å². The van der Waals surface area contributed by atoms with E-state index in [1.54, 1.807) is 37.3 Å². The lowest BCUT2D eigenvalue weighted by molar-refractivity contribution is 0.0615. The molecule has 5 nitrogen and oxygen atoms in total. The molecule has 1 atom stereocenters. The second kappa shape index (κ2) is 7.75. The number of methoxy groups -OCH3 is 2. The molecule has 1 amide bonds. The standard InChI is InChI=1S/C15H24N2O3/c1-5-11(2)17(8-9-19-3)15(18)13-7-6-12(20-4)10-14(13)16/h6-7,10-11H,5,8-9,16H2,1-4H3. The van der Waals surface area contributed by atoms with Gasteiger partial charge in [-0.25, -0.2) is 0 Å². The van der Waals surface area contributed by atoms with Gasteiger partial charge in [-0.2, -0.15) is 0 Å². The van der Waals surface area contributed by atoms with Crippen molar-refractivity contribution in [2.75, 3.05) is 33.1 Å². The van der Waals surface area contributed by atoms with Gasteiger partial charge < -0.3 is 20.1 Å². The average Bonchev–Trinajstić information content (AvgIpc) is 2.46. The van der Waals surface area contributed by atoms with E-state index < -0.39 is 0 Å². The molecule has 0 aliphatic heterocycles. The molecule has 20 heavy (non-hydrogen) atoms. The number of hydrogen-bond acceptors (Lipinski definition) is 4. The highest BCUT2D eigenvalue weighted by molar-refractivity contribution is 5.99. The first-order chi connectivity index (χ1) is 9.54. The molecule has 1 aromatic rings. The van der Waals surface area contributed by atoms with Crippen molar-refractivity contribution in [3.63, 3.8) is 0 Å². The lowest BCUT2D eigenvalue weighted by atomic mass is 10.1. The minimum atomic E-state index is -0.0726. The molecule has 0 bridgehead atoms. The number of nitrogens with zero attached hydrogens (tertiary/aromatic N) is 1. The van der Waals surface area contributed by atoms with E-state index in [0.29, 0.717) is 30.2 Å². The number of carbonyl (C=O) groups excluding carboxylic acids is 1. The third-order valence-electron chi connectivity index (χ3n) is 3.41. The van der Waals surface area contributed by atoms with Crippen LogP contribution in [0.2, 0.25) is 0 Å². The molecule has 5 heteroatoms. The van der Waals surface area contributed by atoms with Gasteiger partial charge in [-0.1, -0.05) is 6.92 Å². The number of ether oxygens (including phenoxy) is 2. The van der Waals surface area contributed by atoms with Crippen LogP contribution in [0.15, 0.2) is 18.2 Å². The molecule has 1 rings (SSSR count). The van der Waals surface area contributed by atoms with Crippen LogP contribution >= 0.6 is 0 Å². The Morgan fingerprint density at radius 3 is 2.60 bits per heavy atom. The van der Waals surface area contributed by atoms with Gasteiger partial charge in [0.2, 0.25) is 0 Å². The summed E-state index contributed by atoms with van der Waals surface area (Å²) in [5, 5.41) is 0. The molecule has 1 aromatic carbocycles. The van der Waals surface area contributed by atoms with Crippen LogP contribution in [-0.2, 0) is 4.74 Å². The summed E-state index contributed by atoms with van der Waals surface area (Å²) in [4.78, 5) is 14.4. The molecule has 1 unspecified atom stereocenters. The van der Waals surface area contributed by atoms with Crippen LogP contribution in [0.3, 0.4) is 0 Å². The molecular formula is C15H24N2O3. The second-order valence-corrected chi connectivity index (χ2v) is 4.70. The number of anilines is 1. The highest BCUT2D eigenvalue weighted by Crippen LogP contribution is 2.22. The van der Waals surface area contributed by atoms with Crippen LogP contribution in [0.5, 0.6) is 5.75 Å². The molecule has 0 radical (unpaired) electrons. The van der Waals surface area contributed by atoms with Gasteiger partial charge in [0.05, 0.1) is 19.3 Å². The molecule has 0 fully saturated rings. The summed E-state index contributed by atoms with van der Waals surface area (Å²) in [6.45, 7) is 5.13. The summed E-state index contributed by atoms with van der Waals surface area (Å²) in [7, 11) is 3.20. The first-order valence-electron chi connectivity index (χ1n) is 6.78. The highest BCUT2D eigenvalue weighted by atomic mass is 16.5. The van der Waals surface area contributed by atoms with E-state index in [4.69, 9.17) is 15.2 Å². The van der Waals surface area contributed by atoms with Crippen molar-refractivity contribution in [3.8, 4) is 5.75 Å². The van der Waals surface area contributed by atoms with E-state index in [1.165, 1.54) is 0 Å². The van der Waals surface area contributed by atoms with E-state index in [2.05, 4.69) is 6.92 Å². The molecule has 0 spiro atoms. The Labute approximate surface area is 120 Å². The number of benzene rings is 1. The monoisotopic (exact) mass is 280 g/mol.